The van der Waals surface area contributed by atoms with Gasteiger partial charge in [0.05, 0.1) is 12.8 Å². The Kier molecular flexibility index (Phi) is 3.97. The van der Waals surface area contributed by atoms with Gasteiger partial charge in [0.2, 0.25) is 5.88 Å². The summed E-state index contributed by atoms with van der Waals surface area (Å²) in [5.74, 6) is 0.259. The molecule has 0 fully saturated rings. The Morgan fingerprint density at radius 1 is 1.20 bits per heavy atom. The van der Waals surface area contributed by atoms with Gasteiger partial charge < -0.3 is 9.47 Å². The molecule has 20 heavy (non-hydrogen) atoms. The van der Waals surface area contributed by atoms with Gasteiger partial charge in [0.15, 0.2) is 6.61 Å². The highest BCUT2D eigenvalue weighted by Gasteiger charge is 2.10. The second-order valence-corrected chi connectivity index (χ2v) is 4.35. The molecule has 0 amide bonds. The molecule has 0 saturated carbocycles. The highest BCUT2D eigenvalue weighted by atomic mass is 16.6. The van der Waals surface area contributed by atoms with Gasteiger partial charge in [-0.3, -0.25) is 0 Å². The maximum atomic E-state index is 11.1. The van der Waals surface area contributed by atoms with Crippen molar-refractivity contribution in [2.24, 2.45) is 0 Å². The molecule has 0 N–H and O–H groups in total. The van der Waals surface area contributed by atoms with Crippen LogP contribution in [0.3, 0.4) is 0 Å². The van der Waals surface area contributed by atoms with Crippen molar-refractivity contribution in [2.45, 2.75) is 20.8 Å². The van der Waals surface area contributed by atoms with E-state index in [2.05, 4.69) is 19.8 Å². The van der Waals surface area contributed by atoms with Gasteiger partial charge in [-0.05, 0) is 26.8 Å². The molecule has 2 aromatic rings. The van der Waals surface area contributed by atoms with Crippen LogP contribution in [0.1, 0.15) is 17.1 Å². The first-order chi connectivity index (χ1) is 9.49. The number of methoxy groups -OCH3 is 1. The molecular formula is C13H16N4O3. The van der Waals surface area contributed by atoms with Crippen molar-refractivity contribution >= 4 is 5.97 Å². The van der Waals surface area contributed by atoms with E-state index in [0.717, 1.165) is 17.1 Å². The van der Waals surface area contributed by atoms with Crippen LogP contribution in [0.5, 0.6) is 5.88 Å². The van der Waals surface area contributed by atoms with Gasteiger partial charge in [0.1, 0.15) is 0 Å². The van der Waals surface area contributed by atoms with E-state index in [4.69, 9.17) is 4.74 Å². The molecule has 0 radical (unpaired) electrons. The molecule has 0 atom stereocenters. The number of hydrogen-bond donors (Lipinski definition) is 0. The fourth-order valence-corrected chi connectivity index (χ4v) is 1.72. The lowest BCUT2D eigenvalue weighted by Crippen LogP contribution is -2.14. The quantitative estimate of drug-likeness (QED) is 0.779. The van der Waals surface area contributed by atoms with Gasteiger partial charge in [0, 0.05) is 17.5 Å². The lowest BCUT2D eigenvalue weighted by molar-refractivity contribution is -0.143. The Morgan fingerprint density at radius 2 is 1.95 bits per heavy atom. The smallest absolute Gasteiger partial charge is 0.343 e. The number of carbonyl (C=O) groups is 1. The number of carbonyl (C=O) groups excluding carboxylic acids is 1. The number of esters is 1. The van der Waals surface area contributed by atoms with Crippen molar-refractivity contribution in [3.8, 4) is 11.8 Å². The van der Waals surface area contributed by atoms with Gasteiger partial charge >= 0.3 is 5.97 Å². The van der Waals surface area contributed by atoms with Crippen molar-refractivity contribution in [1.29, 1.82) is 0 Å². The minimum Gasteiger partial charge on any atom is -0.466 e. The van der Waals surface area contributed by atoms with E-state index in [0.29, 0.717) is 11.8 Å². The van der Waals surface area contributed by atoms with Gasteiger partial charge in [-0.2, -0.15) is 10.1 Å². The molecule has 0 aliphatic carbocycles. The molecule has 0 aromatic carbocycles. The molecule has 0 aliphatic heterocycles. The zero-order valence-corrected chi connectivity index (χ0v) is 11.9. The third kappa shape index (κ3) is 3.11. The Hall–Kier alpha value is -2.44. The van der Waals surface area contributed by atoms with Crippen LogP contribution in [0, 0.1) is 20.8 Å². The van der Waals surface area contributed by atoms with Crippen molar-refractivity contribution in [1.82, 2.24) is 19.7 Å². The number of ether oxygens (including phenoxy) is 2. The summed E-state index contributed by atoms with van der Waals surface area (Å²) in [6.07, 6.45) is 0. The highest BCUT2D eigenvalue weighted by molar-refractivity contribution is 5.70. The van der Waals surface area contributed by atoms with E-state index < -0.39 is 5.97 Å². The lowest BCUT2D eigenvalue weighted by Gasteiger charge is -2.08. The predicted molar refractivity (Wildman–Crippen MR) is 70.9 cm³/mol. The molecule has 7 heteroatoms. The summed E-state index contributed by atoms with van der Waals surface area (Å²) in [5.41, 5.74) is 2.53. The van der Waals surface area contributed by atoms with E-state index in [-0.39, 0.29) is 6.61 Å². The monoisotopic (exact) mass is 276 g/mol. The van der Waals surface area contributed by atoms with Gasteiger partial charge in [0.25, 0.3) is 5.95 Å². The molecule has 2 aromatic heterocycles. The Bertz CT molecular complexity index is 637. The number of hydrogen-bond acceptors (Lipinski definition) is 6. The fourth-order valence-electron chi connectivity index (χ4n) is 1.72. The first-order valence-electron chi connectivity index (χ1n) is 6.08. The second kappa shape index (κ2) is 5.68. The van der Waals surface area contributed by atoms with Crippen molar-refractivity contribution < 1.29 is 14.3 Å². The third-order valence-corrected chi connectivity index (χ3v) is 2.58. The topological polar surface area (TPSA) is 79.1 Å². The van der Waals surface area contributed by atoms with Crippen molar-refractivity contribution in [3.05, 3.63) is 29.2 Å². The van der Waals surface area contributed by atoms with E-state index in [1.807, 2.05) is 26.8 Å². The predicted octanol–water partition coefficient (Wildman–Crippen LogP) is 1.14. The van der Waals surface area contributed by atoms with Crippen LogP contribution < -0.4 is 4.74 Å². The largest absolute Gasteiger partial charge is 0.466 e. The van der Waals surface area contributed by atoms with E-state index in [1.165, 1.54) is 7.11 Å². The second-order valence-electron chi connectivity index (χ2n) is 4.35. The van der Waals surface area contributed by atoms with Gasteiger partial charge in [-0.25, -0.2) is 14.5 Å². The molecule has 0 bridgehead atoms. The van der Waals surface area contributed by atoms with Gasteiger partial charge in [-0.15, -0.1) is 0 Å². The summed E-state index contributed by atoms with van der Waals surface area (Å²) in [7, 11) is 1.30. The summed E-state index contributed by atoms with van der Waals surface area (Å²) < 4.78 is 11.4. The number of rotatable bonds is 4. The summed E-state index contributed by atoms with van der Waals surface area (Å²) in [6.45, 7) is 5.44. The number of aromatic nitrogens is 4. The Labute approximate surface area is 116 Å². The molecule has 2 rings (SSSR count). The Balaban J connectivity index is 2.29. The maximum Gasteiger partial charge on any atom is 0.343 e. The molecule has 0 spiro atoms. The molecule has 0 unspecified atom stereocenters. The normalized spacial score (nSPS) is 10.4. The van der Waals surface area contributed by atoms with Crippen LogP contribution in [-0.4, -0.2) is 39.4 Å². The van der Waals surface area contributed by atoms with Crippen LogP contribution in [0.15, 0.2) is 12.1 Å². The molecule has 0 aliphatic rings. The fraction of sp³-hybridized carbons (Fsp3) is 0.385. The summed E-state index contributed by atoms with van der Waals surface area (Å²) in [6, 6.07) is 3.58. The van der Waals surface area contributed by atoms with E-state index in [1.54, 1.807) is 10.7 Å². The van der Waals surface area contributed by atoms with Crippen molar-refractivity contribution in [3.63, 3.8) is 0 Å². The highest BCUT2D eigenvalue weighted by Crippen LogP contribution is 2.14. The minimum absolute atomic E-state index is 0.191. The zero-order chi connectivity index (χ0) is 14.7. The molecule has 2 heterocycles. The number of nitrogens with zero attached hydrogens (tertiary/aromatic N) is 4. The van der Waals surface area contributed by atoms with E-state index in [9.17, 15) is 4.79 Å². The molecule has 106 valence electrons. The van der Waals surface area contributed by atoms with Crippen molar-refractivity contribution in [2.75, 3.05) is 13.7 Å². The molecule has 7 nitrogen and oxygen atoms in total. The molecule has 0 saturated heterocycles. The van der Waals surface area contributed by atoms with E-state index >= 15 is 0 Å². The standard InChI is InChI=1S/C13H16N4O3/c1-8-6-11(20-7-12(18)19-4)15-13(14-8)17-10(3)5-9(2)16-17/h5-6H,7H2,1-4H3. The van der Waals surface area contributed by atoms with Crippen LogP contribution in [0.25, 0.3) is 5.95 Å². The van der Waals surface area contributed by atoms with Crippen LogP contribution in [0.2, 0.25) is 0 Å². The summed E-state index contributed by atoms with van der Waals surface area (Å²) in [5, 5.41) is 4.32. The van der Waals surface area contributed by atoms with Crippen LogP contribution in [0.4, 0.5) is 0 Å². The van der Waals surface area contributed by atoms with Gasteiger partial charge in [-0.1, -0.05) is 0 Å². The average molecular weight is 276 g/mol. The first-order valence-corrected chi connectivity index (χ1v) is 6.08. The maximum absolute atomic E-state index is 11.1. The zero-order valence-electron chi connectivity index (χ0n) is 11.9. The average Bonchev–Trinajstić information content (AvgIpc) is 2.74. The summed E-state index contributed by atoms with van der Waals surface area (Å²) in [4.78, 5) is 19.6. The SMILES string of the molecule is COC(=O)COc1cc(C)nc(-n2nc(C)cc2C)n1. The first kappa shape index (κ1) is 14.0. The third-order valence-electron chi connectivity index (χ3n) is 2.58. The minimum atomic E-state index is -0.464. The lowest BCUT2D eigenvalue weighted by atomic mass is 10.4. The Morgan fingerprint density at radius 3 is 2.55 bits per heavy atom. The molecular weight excluding hydrogens is 260 g/mol. The van der Waals surface area contributed by atoms with Crippen LogP contribution >= 0.6 is 0 Å². The number of aryl methyl sites for hydroxylation is 3. The van der Waals surface area contributed by atoms with Crippen LogP contribution in [-0.2, 0) is 9.53 Å². The summed E-state index contributed by atoms with van der Waals surface area (Å²) >= 11 is 0.